The first kappa shape index (κ1) is 17.6. The molecule has 3 rings (SSSR count). The van der Waals surface area contributed by atoms with Gasteiger partial charge < -0.3 is 9.47 Å². The van der Waals surface area contributed by atoms with E-state index in [0.717, 1.165) is 45.0 Å². The van der Waals surface area contributed by atoms with Crippen molar-refractivity contribution in [3.05, 3.63) is 64.4 Å². The fourth-order valence-electron chi connectivity index (χ4n) is 3.07. The number of hydrogen-bond acceptors (Lipinski definition) is 3. The molecule has 0 unspecified atom stereocenters. The average Bonchev–Trinajstić information content (AvgIpc) is 2.62. The Balaban J connectivity index is 2.18. The predicted octanol–water partition coefficient (Wildman–Crippen LogP) is 5.62. The van der Waals surface area contributed by atoms with E-state index in [0.29, 0.717) is 5.92 Å². The Morgan fingerprint density at radius 1 is 0.960 bits per heavy atom. The maximum absolute atomic E-state index is 6.00. The van der Waals surface area contributed by atoms with E-state index in [9.17, 15) is 0 Å². The lowest BCUT2D eigenvalue weighted by molar-refractivity contribution is 0.356. The zero-order chi connectivity index (χ0) is 18.0. The van der Waals surface area contributed by atoms with Crippen LogP contribution in [0.15, 0.2) is 42.6 Å². The number of aromatic nitrogens is 1. The van der Waals surface area contributed by atoms with E-state index in [2.05, 4.69) is 13.8 Å². The molecule has 130 valence electrons. The number of fused-ring (bicyclic) bond motifs is 1. The molecular weight excluding hydrogens is 334 g/mol. The first-order chi connectivity index (χ1) is 12.0. The minimum atomic E-state index is 0.324. The number of pyridine rings is 1. The summed E-state index contributed by atoms with van der Waals surface area (Å²) in [6.45, 7) is 4.30. The molecule has 3 aromatic rings. The second kappa shape index (κ2) is 7.32. The highest BCUT2D eigenvalue weighted by Gasteiger charge is 2.15. The Bertz CT molecular complexity index is 889. The van der Waals surface area contributed by atoms with Crippen LogP contribution in [0.3, 0.4) is 0 Å². The highest BCUT2D eigenvalue weighted by molar-refractivity contribution is 6.30. The summed E-state index contributed by atoms with van der Waals surface area (Å²) in [6, 6.07) is 12.0. The molecule has 0 N–H and O–H groups in total. The fraction of sp³-hybridized carbons (Fsp3) is 0.286. The van der Waals surface area contributed by atoms with Crippen LogP contribution in [0.1, 0.15) is 36.6 Å². The summed E-state index contributed by atoms with van der Waals surface area (Å²) in [6.07, 6.45) is 2.76. The first-order valence-corrected chi connectivity index (χ1v) is 8.69. The van der Waals surface area contributed by atoms with E-state index in [4.69, 9.17) is 26.1 Å². The molecule has 1 aromatic heterocycles. The molecule has 1 heterocycles. The monoisotopic (exact) mass is 355 g/mol. The Labute approximate surface area is 153 Å². The van der Waals surface area contributed by atoms with Crippen LogP contribution in [-0.2, 0) is 6.42 Å². The van der Waals surface area contributed by atoms with Gasteiger partial charge in [0, 0.05) is 16.6 Å². The molecule has 0 atom stereocenters. The number of rotatable bonds is 5. The largest absolute Gasteiger partial charge is 0.493 e. The maximum Gasteiger partial charge on any atom is 0.161 e. The van der Waals surface area contributed by atoms with Gasteiger partial charge in [-0.05, 0) is 53.1 Å². The first-order valence-electron chi connectivity index (χ1n) is 8.31. The highest BCUT2D eigenvalue weighted by atomic mass is 35.5. The maximum atomic E-state index is 6.00. The summed E-state index contributed by atoms with van der Waals surface area (Å²) in [5.41, 5.74) is 3.41. The van der Waals surface area contributed by atoms with Crippen LogP contribution in [0.2, 0.25) is 5.02 Å². The number of nitrogens with zero attached hydrogens (tertiary/aromatic N) is 1. The van der Waals surface area contributed by atoms with Crippen molar-refractivity contribution in [2.24, 2.45) is 0 Å². The summed E-state index contributed by atoms with van der Waals surface area (Å²) in [5.74, 6) is 1.78. The SMILES string of the molecule is COc1cc2c(Cc3ccc(Cl)cc3)cnc(C(C)C)c2cc1OC. The van der Waals surface area contributed by atoms with Gasteiger partial charge in [0.1, 0.15) is 0 Å². The van der Waals surface area contributed by atoms with Crippen molar-refractivity contribution in [3.63, 3.8) is 0 Å². The minimum Gasteiger partial charge on any atom is -0.493 e. The van der Waals surface area contributed by atoms with Crippen LogP contribution < -0.4 is 9.47 Å². The highest BCUT2D eigenvalue weighted by Crippen LogP contribution is 2.37. The van der Waals surface area contributed by atoms with Crippen LogP contribution in [0.4, 0.5) is 0 Å². The van der Waals surface area contributed by atoms with Crippen molar-refractivity contribution in [2.45, 2.75) is 26.2 Å². The van der Waals surface area contributed by atoms with E-state index in [1.165, 1.54) is 5.56 Å². The molecule has 2 aromatic carbocycles. The number of hydrogen-bond donors (Lipinski definition) is 0. The molecule has 0 fully saturated rings. The second-order valence-electron chi connectivity index (χ2n) is 6.38. The molecule has 25 heavy (non-hydrogen) atoms. The Morgan fingerprint density at radius 3 is 2.12 bits per heavy atom. The quantitative estimate of drug-likeness (QED) is 0.595. The van der Waals surface area contributed by atoms with E-state index in [-0.39, 0.29) is 0 Å². The van der Waals surface area contributed by atoms with Gasteiger partial charge >= 0.3 is 0 Å². The number of benzene rings is 2. The van der Waals surface area contributed by atoms with Crippen LogP contribution in [0, 0.1) is 0 Å². The lowest BCUT2D eigenvalue weighted by Gasteiger charge is -2.16. The van der Waals surface area contributed by atoms with E-state index < -0.39 is 0 Å². The third-order valence-corrected chi connectivity index (χ3v) is 4.61. The third kappa shape index (κ3) is 3.57. The van der Waals surface area contributed by atoms with Gasteiger partial charge in [0.15, 0.2) is 11.5 Å². The van der Waals surface area contributed by atoms with Gasteiger partial charge in [-0.2, -0.15) is 0 Å². The molecule has 0 saturated carbocycles. The minimum absolute atomic E-state index is 0.324. The van der Waals surface area contributed by atoms with Gasteiger partial charge in [-0.15, -0.1) is 0 Å². The smallest absolute Gasteiger partial charge is 0.161 e. The van der Waals surface area contributed by atoms with Gasteiger partial charge in [0.25, 0.3) is 0 Å². The van der Waals surface area contributed by atoms with Gasteiger partial charge in [-0.1, -0.05) is 37.6 Å². The van der Waals surface area contributed by atoms with Gasteiger partial charge in [-0.25, -0.2) is 0 Å². The standard InChI is InChI=1S/C21H22ClNO2/c1-13(2)21-18-11-20(25-4)19(24-3)10-17(18)15(12-23-21)9-14-5-7-16(22)8-6-14/h5-8,10-13H,9H2,1-4H3. The zero-order valence-electron chi connectivity index (χ0n) is 15.0. The topological polar surface area (TPSA) is 31.4 Å². The van der Waals surface area contributed by atoms with E-state index in [1.54, 1.807) is 14.2 Å². The Hall–Kier alpha value is -2.26. The molecule has 0 radical (unpaired) electrons. The van der Waals surface area contributed by atoms with Gasteiger partial charge in [-0.3, -0.25) is 4.98 Å². The second-order valence-corrected chi connectivity index (χ2v) is 6.82. The number of ether oxygens (including phenoxy) is 2. The van der Waals surface area contributed by atoms with Gasteiger partial charge in [0.2, 0.25) is 0 Å². The summed E-state index contributed by atoms with van der Waals surface area (Å²) in [4.78, 5) is 4.73. The van der Waals surface area contributed by atoms with Crippen molar-refractivity contribution in [3.8, 4) is 11.5 Å². The summed E-state index contributed by atoms with van der Waals surface area (Å²) >= 11 is 6.00. The molecule has 0 saturated heterocycles. The van der Waals surface area contributed by atoms with Crippen molar-refractivity contribution in [2.75, 3.05) is 14.2 Å². The molecule has 0 aliphatic carbocycles. The van der Waals surface area contributed by atoms with Crippen molar-refractivity contribution >= 4 is 22.4 Å². The molecule has 3 nitrogen and oxygen atoms in total. The molecule has 0 aliphatic heterocycles. The van der Waals surface area contributed by atoms with Crippen LogP contribution in [0.5, 0.6) is 11.5 Å². The van der Waals surface area contributed by atoms with Gasteiger partial charge in [0.05, 0.1) is 19.9 Å². The number of methoxy groups -OCH3 is 2. The zero-order valence-corrected chi connectivity index (χ0v) is 15.7. The number of halogens is 1. The van der Waals surface area contributed by atoms with Crippen molar-refractivity contribution < 1.29 is 9.47 Å². The van der Waals surface area contributed by atoms with Crippen LogP contribution >= 0.6 is 11.6 Å². The summed E-state index contributed by atoms with van der Waals surface area (Å²) in [5, 5.41) is 3.00. The Kier molecular flexibility index (Phi) is 5.14. The molecule has 0 bridgehead atoms. The van der Waals surface area contributed by atoms with E-state index in [1.807, 2.05) is 42.6 Å². The Morgan fingerprint density at radius 2 is 1.56 bits per heavy atom. The van der Waals surface area contributed by atoms with Crippen LogP contribution in [-0.4, -0.2) is 19.2 Å². The normalized spacial score (nSPS) is 11.1. The fourth-order valence-corrected chi connectivity index (χ4v) is 3.19. The molecular formula is C21H22ClNO2. The van der Waals surface area contributed by atoms with E-state index >= 15 is 0 Å². The van der Waals surface area contributed by atoms with Crippen molar-refractivity contribution in [1.29, 1.82) is 0 Å². The molecule has 0 amide bonds. The third-order valence-electron chi connectivity index (χ3n) is 4.36. The van der Waals surface area contributed by atoms with Crippen molar-refractivity contribution in [1.82, 2.24) is 4.98 Å². The summed E-state index contributed by atoms with van der Waals surface area (Å²) < 4.78 is 11.0. The summed E-state index contributed by atoms with van der Waals surface area (Å²) in [7, 11) is 3.32. The lowest BCUT2D eigenvalue weighted by Crippen LogP contribution is -2.00. The average molecular weight is 356 g/mol. The predicted molar refractivity (Wildman–Crippen MR) is 103 cm³/mol. The van der Waals surface area contributed by atoms with Crippen LogP contribution in [0.25, 0.3) is 10.8 Å². The molecule has 0 aliphatic rings. The molecule has 0 spiro atoms. The molecule has 4 heteroatoms. The lowest BCUT2D eigenvalue weighted by atomic mass is 9.95.